The Bertz CT molecular complexity index is 1140. The number of carbonyl (C=O) groups is 2. The van der Waals surface area contributed by atoms with E-state index in [4.69, 9.17) is 11.6 Å². The Labute approximate surface area is 192 Å². The van der Waals surface area contributed by atoms with Crippen LogP contribution in [-0.2, 0) is 4.79 Å². The number of rotatable bonds is 7. The molecule has 0 fully saturated rings. The Balaban J connectivity index is 1.82. The van der Waals surface area contributed by atoms with Gasteiger partial charge in [-0.1, -0.05) is 60.1 Å². The van der Waals surface area contributed by atoms with Crippen molar-refractivity contribution in [2.24, 2.45) is 5.10 Å². The van der Waals surface area contributed by atoms with E-state index in [2.05, 4.69) is 15.8 Å². The van der Waals surface area contributed by atoms with E-state index in [1.165, 1.54) is 6.21 Å². The molecule has 2 N–H and O–H groups in total. The molecule has 7 heteroatoms. The van der Waals surface area contributed by atoms with Crippen molar-refractivity contribution < 1.29 is 9.59 Å². The van der Waals surface area contributed by atoms with Crippen molar-refractivity contribution in [1.29, 1.82) is 0 Å². The summed E-state index contributed by atoms with van der Waals surface area (Å²) in [6.45, 7) is 0. The molecule has 0 heterocycles. The minimum atomic E-state index is -0.561. The minimum Gasteiger partial charge on any atom is -0.378 e. The second-order valence-corrected chi connectivity index (χ2v) is 7.49. The SMILES string of the molecule is CN(C)c1ccc(C=C(NC(=O)c2ccccc2)C(=O)NN=Cc2ccccc2Cl)cc1. The summed E-state index contributed by atoms with van der Waals surface area (Å²) in [6, 6.07) is 23.4. The summed E-state index contributed by atoms with van der Waals surface area (Å²) in [4.78, 5) is 27.4. The van der Waals surface area contributed by atoms with Gasteiger partial charge in [-0.3, -0.25) is 9.59 Å². The van der Waals surface area contributed by atoms with Crippen molar-refractivity contribution in [2.75, 3.05) is 19.0 Å². The number of anilines is 1. The third-order valence-corrected chi connectivity index (χ3v) is 4.87. The Morgan fingerprint density at radius 1 is 0.906 bits per heavy atom. The molecule has 0 aromatic heterocycles. The zero-order valence-corrected chi connectivity index (χ0v) is 18.5. The largest absolute Gasteiger partial charge is 0.378 e. The first-order valence-corrected chi connectivity index (χ1v) is 10.3. The number of hydrogen-bond acceptors (Lipinski definition) is 4. The molecule has 3 aromatic carbocycles. The summed E-state index contributed by atoms with van der Waals surface area (Å²) in [5, 5.41) is 7.17. The summed E-state index contributed by atoms with van der Waals surface area (Å²) in [7, 11) is 3.89. The van der Waals surface area contributed by atoms with Gasteiger partial charge in [-0.25, -0.2) is 5.43 Å². The van der Waals surface area contributed by atoms with Crippen molar-refractivity contribution >= 4 is 41.4 Å². The lowest BCUT2D eigenvalue weighted by Gasteiger charge is -2.12. The number of halogens is 1. The van der Waals surface area contributed by atoms with E-state index in [9.17, 15) is 9.59 Å². The van der Waals surface area contributed by atoms with E-state index in [0.29, 0.717) is 16.1 Å². The topological polar surface area (TPSA) is 73.8 Å². The molecule has 32 heavy (non-hydrogen) atoms. The molecule has 0 saturated heterocycles. The van der Waals surface area contributed by atoms with Crippen LogP contribution in [-0.4, -0.2) is 32.1 Å². The zero-order valence-electron chi connectivity index (χ0n) is 17.7. The van der Waals surface area contributed by atoms with Gasteiger partial charge in [0.1, 0.15) is 5.70 Å². The second kappa shape index (κ2) is 10.9. The molecule has 0 saturated carbocycles. The molecule has 0 atom stereocenters. The van der Waals surface area contributed by atoms with Crippen molar-refractivity contribution in [3.63, 3.8) is 0 Å². The summed E-state index contributed by atoms with van der Waals surface area (Å²) in [6.07, 6.45) is 3.05. The van der Waals surface area contributed by atoms with Crippen LogP contribution in [0.15, 0.2) is 89.7 Å². The first-order chi connectivity index (χ1) is 15.4. The van der Waals surface area contributed by atoms with Gasteiger partial charge in [0.25, 0.3) is 11.8 Å². The lowest BCUT2D eigenvalue weighted by molar-refractivity contribution is -0.117. The maximum absolute atomic E-state index is 12.8. The van der Waals surface area contributed by atoms with Crippen LogP contribution in [0.2, 0.25) is 5.02 Å². The van der Waals surface area contributed by atoms with Gasteiger partial charge in [0, 0.05) is 35.9 Å². The van der Waals surface area contributed by atoms with Gasteiger partial charge in [-0.05, 0) is 42.0 Å². The summed E-state index contributed by atoms with van der Waals surface area (Å²) >= 11 is 6.11. The van der Waals surface area contributed by atoms with Gasteiger partial charge in [0.2, 0.25) is 0 Å². The molecule has 2 amide bonds. The first-order valence-electron chi connectivity index (χ1n) is 9.87. The Kier molecular flexibility index (Phi) is 7.78. The lowest BCUT2D eigenvalue weighted by atomic mass is 10.1. The molecular weight excluding hydrogens is 424 g/mol. The first kappa shape index (κ1) is 22.8. The molecule has 0 aliphatic heterocycles. The molecule has 0 radical (unpaired) electrons. The molecular formula is C25H23ClN4O2. The predicted molar refractivity (Wildman–Crippen MR) is 130 cm³/mol. The quantitative estimate of drug-likeness (QED) is 0.322. The summed E-state index contributed by atoms with van der Waals surface area (Å²) in [5.41, 5.74) is 5.38. The third-order valence-electron chi connectivity index (χ3n) is 4.52. The fourth-order valence-electron chi connectivity index (χ4n) is 2.78. The maximum Gasteiger partial charge on any atom is 0.287 e. The van der Waals surface area contributed by atoms with Crippen LogP contribution in [0.25, 0.3) is 6.08 Å². The standard InChI is InChI=1S/C25H23ClN4O2/c1-30(2)21-14-12-18(13-15-21)16-23(28-24(31)19-8-4-3-5-9-19)25(32)29-27-17-20-10-6-7-11-22(20)26/h3-17H,1-2H3,(H,28,31)(H,29,32). The van der Waals surface area contributed by atoms with Crippen LogP contribution in [0.4, 0.5) is 5.69 Å². The van der Waals surface area contributed by atoms with E-state index >= 15 is 0 Å². The Morgan fingerprint density at radius 2 is 1.56 bits per heavy atom. The molecule has 162 valence electrons. The van der Waals surface area contributed by atoms with Gasteiger partial charge in [-0.2, -0.15) is 5.10 Å². The maximum atomic E-state index is 12.8. The van der Waals surface area contributed by atoms with Crippen LogP contribution in [0.5, 0.6) is 0 Å². The number of benzene rings is 3. The van der Waals surface area contributed by atoms with E-state index in [1.807, 2.05) is 55.4 Å². The van der Waals surface area contributed by atoms with E-state index in [1.54, 1.807) is 48.5 Å². The van der Waals surface area contributed by atoms with Crippen LogP contribution in [0.1, 0.15) is 21.5 Å². The molecule has 0 aliphatic rings. The summed E-state index contributed by atoms with van der Waals surface area (Å²) in [5.74, 6) is -0.957. The van der Waals surface area contributed by atoms with Crippen LogP contribution in [0, 0.1) is 0 Å². The third kappa shape index (κ3) is 6.30. The number of carbonyl (C=O) groups excluding carboxylic acids is 2. The minimum absolute atomic E-state index is 0.0627. The van der Waals surface area contributed by atoms with E-state index in [-0.39, 0.29) is 5.70 Å². The van der Waals surface area contributed by atoms with Crippen molar-refractivity contribution in [1.82, 2.24) is 10.7 Å². The Hall–Kier alpha value is -3.90. The van der Waals surface area contributed by atoms with Crippen LogP contribution in [0.3, 0.4) is 0 Å². The van der Waals surface area contributed by atoms with Crippen LogP contribution < -0.4 is 15.6 Å². The van der Waals surface area contributed by atoms with E-state index < -0.39 is 11.8 Å². The number of hydrogen-bond donors (Lipinski definition) is 2. The van der Waals surface area contributed by atoms with Gasteiger partial charge in [0.15, 0.2) is 0 Å². The Morgan fingerprint density at radius 3 is 2.22 bits per heavy atom. The second-order valence-electron chi connectivity index (χ2n) is 7.08. The number of hydrazone groups is 1. The lowest BCUT2D eigenvalue weighted by Crippen LogP contribution is -2.32. The fraction of sp³-hybridized carbons (Fsp3) is 0.0800. The number of nitrogens with one attached hydrogen (secondary N) is 2. The zero-order chi connectivity index (χ0) is 22.9. The number of amides is 2. The average molecular weight is 447 g/mol. The highest BCUT2D eigenvalue weighted by Gasteiger charge is 2.14. The molecule has 0 bridgehead atoms. The predicted octanol–water partition coefficient (Wildman–Crippen LogP) is 4.33. The highest BCUT2D eigenvalue weighted by atomic mass is 35.5. The molecule has 0 aliphatic carbocycles. The van der Waals surface area contributed by atoms with Crippen molar-refractivity contribution in [3.05, 3.63) is 106 Å². The van der Waals surface area contributed by atoms with Crippen molar-refractivity contribution in [3.8, 4) is 0 Å². The fourth-order valence-corrected chi connectivity index (χ4v) is 2.96. The van der Waals surface area contributed by atoms with Crippen LogP contribution >= 0.6 is 11.6 Å². The molecule has 6 nitrogen and oxygen atoms in total. The molecule has 3 rings (SSSR count). The molecule has 3 aromatic rings. The number of nitrogens with zero attached hydrogens (tertiary/aromatic N) is 2. The smallest absolute Gasteiger partial charge is 0.287 e. The average Bonchev–Trinajstić information content (AvgIpc) is 2.80. The monoisotopic (exact) mass is 446 g/mol. The highest BCUT2D eigenvalue weighted by Crippen LogP contribution is 2.15. The van der Waals surface area contributed by atoms with E-state index in [0.717, 1.165) is 11.3 Å². The highest BCUT2D eigenvalue weighted by molar-refractivity contribution is 6.33. The van der Waals surface area contributed by atoms with Gasteiger partial charge in [-0.15, -0.1) is 0 Å². The van der Waals surface area contributed by atoms with Crippen molar-refractivity contribution in [2.45, 2.75) is 0 Å². The van der Waals surface area contributed by atoms with Gasteiger partial charge >= 0.3 is 0 Å². The normalized spacial score (nSPS) is 11.3. The summed E-state index contributed by atoms with van der Waals surface area (Å²) < 4.78 is 0. The van der Waals surface area contributed by atoms with Gasteiger partial charge in [0.05, 0.1) is 6.21 Å². The molecule has 0 unspecified atom stereocenters. The molecule has 0 spiro atoms. The van der Waals surface area contributed by atoms with Gasteiger partial charge < -0.3 is 10.2 Å².